The third-order valence-corrected chi connectivity index (χ3v) is 3.95. The Morgan fingerprint density at radius 3 is 2.28 bits per heavy atom. The Labute approximate surface area is 109 Å². The maximum absolute atomic E-state index is 4.39. The minimum absolute atomic E-state index is 0.788. The summed E-state index contributed by atoms with van der Waals surface area (Å²) in [5, 5.41) is 0. The zero-order chi connectivity index (χ0) is 12.2. The molecule has 0 saturated heterocycles. The highest BCUT2D eigenvalue weighted by Gasteiger charge is 2.15. The molecule has 0 N–H and O–H groups in total. The third kappa shape index (κ3) is 2.45. The van der Waals surface area contributed by atoms with Crippen LogP contribution >= 0.6 is 0 Å². The van der Waals surface area contributed by atoms with E-state index in [4.69, 9.17) is 0 Å². The minimum Gasteiger partial charge on any atom is -0.256 e. The monoisotopic (exact) mass is 237 g/mol. The van der Waals surface area contributed by atoms with Gasteiger partial charge in [0.05, 0.1) is 5.69 Å². The lowest BCUT2D eigenvalue weighted by atomic mass is 9.84. The molecule has 0 amide bonds. The number of rotatable bonds is 2. The van der Waals surface area contributed by atoms with Crippen molar-refractivity contribution in [3.63, 3.8) is 0 Å². The predicted octanol–water partition coefficient (Wildman–Crippen LogP) is 4.80. The second kappa shape index (κ2) is 5.34. The highest BCUT2D eigenvalue weighted by Crippen LogP contribution is 2.33. The van der Waals surface area contributed by atoms with E-state index in [2.05, 4.69) is 35.3 Å². The summed E-state index contributed by atoms with van der Waals surface area (Å²) in [6.07, 6.45) is 8.79. The Kier molecular flexibility index (Phi) is 3.40. The van der Waals surface area contributed by atoms with Crippen molar-refractivity contribution in [2.24, 2.45) is 0 Å². The van der Waals surface area contributed by atoms with Gasteiger partial charge >= 0.3 is 0 Å². The lowest BCUT2D eigenvalue weighted by Crippen LogP contribution is -2.04. The zero-order valence-corrected chi connectivity index (χ0v) is 10.7. The molecule has 0 spiro atoms. The summed E-state index contributed by atoms with van der Waals surface area (Å²) >= 11 is 0. The molecule has 2 aromatic rings. The molecule has 3 rings (SSSR count). The van der Waals surface area contributed by atoms with E-state index >= 15 is 0 Å². The predicted molar refractivity (Wildman–Crippen MR) is 75.5 cm³/mol. The summed E-state index contributed by atoms with van der Waals surface area (Å²) in [6, 6.07) is 15.1. The molecule has 1 saturated carbocycles. The lowest BCUT2D eigenvalue weighted by Gasteiger charge is -2.22. The van der Waals surface area contributed by atoms with E-state index in [0.29, 0.717) is 0 Å². The van der Waals surface area contributed by atoms with E-state index in [1.807, 2.05) is 18.3 Å². The average Bonchev–Trinajstić information content (AvgIpc) is 2.49. The van der Waals surface area contributed by atoms with Gasteiger partial charge in [-0.15, -0.1) is 0 Å². The lowest BCUT2D eigenvalue weighted by molar-refractivity contribution is 0.443. The quantitative estimate of drug-likeness (QED) is 0.731. The van der Waals surface area contributed by atoms with Crippen molar-refractivity contribution in [1.29, 1.82) is 0 Å². The first-order valence-corrected chi connectivity index (χ1v) is 6.95. The molecule has 1 aliphatic rings. The van der Waals surface area contributed by atoms with Gasteiger partial charge in [-0.25, -0.2) is 0 Å². The van der Waals surface area contributed by atoms with Crippen molar-refractivity contribution in [2.45, 2.75) is 38.0 Å². The average molecular weight is 237 g/mol. The maximum atomic E-state index is 4.39. The number of hydrogen-bond acceptors (Lipinski definition) is 1. The van der Waals surface area contributed by atoms with Gasteiger partial charge in [-0.1, -0.05) is 49.6 Å². The van der Waals surface area contributed by atoms with Gasteiger partial charge in [0.25, 0.3) is 0 Å². The highest BCUT2D eigenvalue weighted by atomic mass is 14.7. The molecule has 0 unspecified atom stereocenters. The Morgan fingerprint density at radius 2 is 1.61 bits per heavy atom. The molecule has 1 fully saturated rings. The molecule has 1 aromatic carbocycles. The molecule has 0 bridgehead atoms. The van der Waals surface area contributed by atoms with E-state index in [9.17, 15) is 0 Å². The molecule has 1 aliphatic carbocycles. The second-order valence-electron chi connectivity index (χ2n) is 5.17. The van der Waals surface area contributed by atoms with Gasteiger partial charge in [0.15, 0.2) is 0 Å². The molecule has 0 atom stereocenters. The Morgan fingerprint density at radius 1 is 0.833 bits per heavy atom. The number of hydrogen-bond donors (Lipinski definition) is 0. The van der Waals surface area contributed by atoms with E-state index in [1.54, 1.807) is 0 Å². The van der Waals surface area contributed by atoms with Gasteiger partial charge < -0.3 is 0 Å². The van der Waals surface area contributed by atoms with Crippen LogP contribution in [-0.2, 0) is 0 Å². The van der Waals surface area contributed by atoms with Crippen molar-refractivity contribution in [1.82, 2.24) is 4.98 Å². The van der Waals surface area contributed by atoms with Crippen LogP contribution in [0, 0.1) is 0 Å². The molecule has 1 nitrogen and oxygen atoms in total. The standard InChI is InChI=1S/C17H19N/c1-2-6-14(7-3-1)15-9-11-16(12-10-15)17-8-4-5-13-18-17/h4-5,8-14H,1-3,6-7H2. The topological polar surface area (TPSA) is 12.9 Å². The first kappa shape index (κ1) is 11.5. The number of nitrogens with zero attached hydrogens (tertiary/aromatic N) is 1. The van der Waals surface area contributed by atoms with E-state index in [-0.39, 0.29) is 0 Å². The first-order chi connectivity index (χ1) is 8.93. The molecule has 92 valence electrons. The summed E-state index contributed by atoms with van der Waals surface area (Å²) in [6.45, 7) is 0. The van der Waals surface area contributed by atoms with E-state index in [0.717, 1.165) is 11.6 Å². The smallest absolute Gasteiger partial charge is 0.0701 e. The summed E-state index contributed by atoms with van der Waals surface area (Å²) < 4.78 is 0. The maximum Gasteiger partial charge on any atom is 0.0701 e. The van der Waals surface area contributed by atoms with Crippen molar-refractivity contribution in [2.75, 3.05) is 0 Å². The van der Waals surface area contributed by atoms with Crippen molar-refractivity contribution < 1.29 is 0 Å². The number of pyridine rings is 1. The molecular formula is C17H19N. The van der Waals surface area contributed by atoms with Gasteiger partial charge in [0.2, 0.25) is 0 Å². The van der Waals surface area contributed by atoms with Gasteiger partial charge in [-0.05, 0) is 36.5 Å². The number of benzene rings is 1. The fraction of sp³-hybridized carbons (Fsp3) is 0.353. The van der Waals surface area contributed by atoms with Crippen molar-refractivity contribution in [3.8, 4) is 11.3 Å². The summed E-state index contributed by atoms with van der Waals surface area (Å²) in [4.78, 5) is 4.39. The van der Waals surface area contributed by atoms with Crippen molar-refractivity contribution >= 4 is 0 Å². The third-order valence-electron chi connectivity index (χ3n) is 3.95. The Balaban J connectivity index is 1.80. The van der Waals surface area contributed by atoms with E-state index in [1.165, 1.54) is 43.2 Å². The Hall–Kier alpha value is -1.63. The summed E-state index contributed by atoms with van der Waals surface area (Å²) in [7, 11) is 0. The van der Waals surface area contributed by atoms with Crippen LogP contribution in [0.2, 0.25) is 0 Å². The summed E-state index contributed by atoms with van der Waals surface area (Å²) in [5.74, 6) is 0.788. The van der Waals surface area contributed by atoms with Gasteiger partial charge in [-0.3, -0.25) is 4.98 Å². The van der Waals surface area contributed by atoms with Crippen LogP contribution in [0.25, 0.3) is 11.3 Å². The van der Waals surface area contributed by atoms with Gasteiger partial charge in [0.1, 0.15) is 0 Å². The molecule has 1 heterocycles. The van der Waals surface area contributed by atoms with Crippen LogP contribution < -0.4 is 0 Å². The van der Waals surface area contributed by atoms with Crippen LogP contribution in [-0.4, -0.2) is 4.98 Å². The van der Waals surface area contributed by atoms with Crippen LogP contribution in [0.15, 0.2) is 48.7 Å². The van der Waals surface area contributed by atoms with Crippen LogP contribution in [0.4, 0.5) is 0 Å². The SMILES string of the molecule is c1ccc(-c2ccc(C3CCCCC3)cc2)nc1. The zero-order valence-electron chi connectivity index (χ0n) is 10.7. The second-order valence-corrected chi connectivity index (χ2v) is 5.17. The summed E-state index contributed by atoms with van der Waals surface area (Å²) in [5.41, 5.74) is 3.79. The van der Waals surface area contributed by atoms with Crippen LogP contribution in [0.5, 0.6) is 0 Å². The Bertz CT molecular complexity index is 481. The normalized spacial score (nSPS) is 16.7. The van der Waals surface area contributed by atoms with Crippen molar-refractivity contribution in [3.05, 3.63) is 54.2 Å². The molecule has 1 aromatic heterocycles. The van der Waals surface area contributed by atoms with Crippen LogP contribution in [0.1, 0.15) is 43.6 Å². The largest absolute Gasteiger partial charge is 0.256 e. The fourth-order valence-corrected chi connectivity index (χ4v) is 2.90. The molecule has 0 radical (unpaired) electrons. The molecular weight excluding hydrogens is 218 g/mol. The molecule has 18 heavy (non-hydrogen) atoms. The minimum atomic E-state index is 0.788. The highest BCUT2D eigenvalue weighted by molar-refractivity contribution is 5.59. The fourth-order valence-electron chi connectivity index (χ4n) is 2.90. The van der Waals surface area contributed by atoms with Crippen LogP contribution in [0.3, 0.4) is 0 Å². The van der Waals surface area contributed by atoms with Gasteiger partial charge in [-0.2, -0.15) is 0 Å². The van der Waals surface area contributed by atoms with E-state index < -0.39 is 0 Å². The molecule has 1 heteroatoms. The number of aromatic nitrogens is 1. The molecule has 0 aliphatic heterocycles. The van der Waals surface area contributed by atoms with Gasteiger partial charge in [0, 0.05) is 11.8 Å². The first-order valence-electron chi connectivity index (χ1n) is 6.95.